The molecular weight excluding hydrogens is 371 g/mol. The second kappa shape index (κ2) is 6.45. The zero-order valence-corrected chi connectivity index (χ0v) is 15.6. The van der Waals surface area contributed by atoms with Gasteiger partial charge in [0, 0.05) is 34.4 Å². The van der Waals surface area contributed by atoms with Crippen molar-refractivity contribution in [1.82, 2.24) is 4.90 Å². The minimum absolute atomic E-state index is 0.674. The van der Waals surface area contributed by atoms with Gasteiger partial charge in [-0.15, -0.1) is 0 Å². The van der Waals surface area contributed by atoms with E-state index in [1.54, 1.807) is 0 Å². The highest BCUT2D eigenvalue weighted by atomic mass is 127. The summed E-state index contributed by atoms with van der Waals surface area (Å²) in [7, 11) is 0. The van der Waals surface area contributed by atoms with Crippen LogP contribution in [0.5, 0.6) is 0 Å². The summed E-state index contributed by atoms with van der Waals surface area (Å²) in [6.07, 6.45) is 4.20. The van der Waals surface area contributed by atoms with Gasteiger partial charge in [0.2, 0.25) is 0 Å². The van der Waals surface area contributed by atoms with Gasteiger partial charge in [-0.05, 0) is 91.8 Å². The van der Waals surface area contributed by atoms with Gasteiger partial charge in [-0.1, -0.05) is 6.42 Å². The third kappa shape index (κ3) is 3.39. The lowest BCUT2D eigenvalue weighted by Crippen LogP contribution is -2.56. The van der Waals surface area contributed by atoms with Crippen LogP contribution in [-0.2, 0) is 0 Å². The van der Waals surface area contributed by atoms with E-state index in [1.165, 1.54) is 47.2 Å². The molecule has 2 fully saturated rings. The summed E-state index contributed by atoms with van der Waals surface area (Å²) < 4.78 is 1.32. The van der Waals surface area contributed by atoms with Crippen LogP contribution < -0.4 is 5.32 Å². The van der Waals surface area contributed by atoms with Crippen LogP contribution in [0.2, 0.25) is 0 Å². The van der Waals surface area contributed by atoms with Gasteiger partial charge < -0.3 is 10.2 Å². The summed E-state index contributed by atoms with van der Waals surface area (Å²) in [6, 6.07) is 8.12. The molecular formula is C18H27IN2. The largest absolute Gasteiger partial charge is 0.381 e. The van der Waals surface area contributed by atoms with Gasteiger partial charge in [0.25, 0.3) is 0 Å². The maximum atomic E-state index is 3.91. The predicted octanol–water partition coefficient (Wildman–Crippen LogP) is 4.52. The van der Waals surface area contributed by atoms with Crippen LogP contribution >= 0.6 is 22.6 Å². The van der Waals surface area contributed by atoms with Gasteiger partial charge in [0.15, 0.2) is 0 Å². The second-order valence-corrected chi connectivity index (χ2v) is 8.37. The normalized spacial score (nSPS) is 29.7. The molecule has 1 heterocycles. The zero-order chi connectivity index (χ0) is 15.0. The first-order valence-corrected chi connectivity index (χ1v) is 9.39. The van der Waals surface area contributed by atoms with Crippen LogP contribution in [0.3, 0.4) is 0 Å². The summed E-state index contributed by atoms with van der Waals surface area (Å²) in [4.78, 5) is 2.69. The molecule has 1 aliphatic carbocycles. The Kier molecular flexibility index (Phi) is 4.79. The Hall–Kier alpha value is -0.290. The summed E-state index contributed by atoms with van der Waals surface area (Å²) in [5.74, 6) is 1.64. The first-order chi connectivity index (χ1) is 10.0. The Balaban J connectivity index is 1.76. The number of nitrogens with one attached hydrogen (secondary N) is 1. The van der Waals surface area contributed by atoms with Crippen molar-refractivity contribution in [3.05, 3.63) is 27.3 Å². The molecule has 0 radical (unpaired) electrons. The third-order valence-corrected chi connectivity index (χ3v) is 6.02. The molecule has 1 N–H and O–H groups in total. The number of benzene rings is 1. The summed E-state index contributed by atoms with van der Waals surface area (Å²) in [5.41, 5.74) is 2.72. The van der Waals surface area contributed by atoms with Crippen molar-refractivity contribution < 1.29 is 0 Å². The molecule has 1 aliphatic heterocycles. The van der Waals surface area contributed by atoms with E-state index in [9.17, 15) is 0 Å². The summed E-state index contributed by atoms with van der Waals surface area (Å²) in [6.45, 7) is 9.45. The fourth-order valence-electron chi connectivity index (χ4n) is 4.10. The Labute approximate surface area is 142 Å². The second-order valence-electron chi connectivity index (χ2n) is 7.13. The summed E-state index contributed by atoms with van der Waals surface area (Å²) in [5, 5.41) is 3.91. The molecule has 0 spiro atoms. The van der Waals surface area contributed by atoms with E-state index in [-0.39, 0.29) is 0 Å². The smallest absolute Gasteiger partial charge is 0.0372 e. The van der Waals surface area contributed by atoms with Crippen molar-refractivity contribution >= 4 is 28.3 Å². The molecule has 1 saturated heterocycles. The molecule has 1 aromatic carbocycles. The number of rotatable bonds is 3. The molecule has 1 aromatic rings. The Bertz CT molecular complexity index is 486. The van der Waals surface area contributed by atoms with Gasteiger partial charge in [0.1, 0.15) is 0 Å². The number of halogens is 1. The number of anilines is 1. The standard InChI is InChI=1S/C18H27IN2/c1-12(2)21-10-14-5-4-6-15(11-21)18(14)20-17-8-7-16(19)9-13(17)3/h7-9,12,14-15,18,20H,4-6,10-11H2,1-3H3. The minimum Gasteiger partial charge on any atom is -0.381 e. The van der Waals surface area contributed by atoms with Crippen molar-refractivity contribution in [2.45, 2.75) is 52.1 Å². The number of hydrogen-bond acceptors (Lipinski definition) is 2. The molecule has 0 aromatic heterocycles. The van der Waals surface area contributed by atoms with Gasteiger partial charge in [0.05, 0.1) is 0 Å². The number of nitrogens with zero attached hydrogens (tertiary/aromatic N) is 1. The lowest BCUT2D eigenvalue weighted by atomic mass is 9.73. The van der Waals surface area contributed by atoms with Crippen molar-refractivity contribution in [3.63, 3.8) is 0 Å². The van der Waals surface area contributed by atoms with Crippen LogP contribution in [0.4, 0.5) is 5.69 Å². The van der Waals surface area contributed by atoms with Crippen molar-refractivity contribution in [2.24, 2.45) is 11.8 Å². The molecule has 2 bridgehead atoms. The first-order valence-electron chi connectivity index (χ1n) is 8.31. The van der Waals surface area contributed by atoms with E-state index in [4.69, 9.17) is 0 Å². The number of piperidine rings is 1. The molecule has 21 heavy (non-hydrogen) atoms. The van der Waals surface area contributed by atoms with E-state index in [0.29, 0.717) is 12.1 Å². The minimum atomic E-state index is 0.674. The van der Waals surface area contributed by atoms with Crippen molar-refractivity contribution in [1.29, 1.82) is 0 Å². The highest BCUT2D eigenvalue weighted by molar-refractivity contribution is 14.1. The number of fused-ring (bicyclic) bond motifs is 2. The predicted molar refractivity (Wildman–Crippen MR) is 98.8 cm³/mol. The molecule has 3 rings (SSSR count). The van der Waals surface area contributed by atoms with Gasteiger partial charge in [-0.25, -0.2) is 0 Å². The lowest BCUT2D eigenvalue weighted by molar-refractivity contribution is 0.0518. The van der Waals surface area contributed by atoms with Crippen molar-refractivity contribution in [3.8, 4) is 0 Å². The van der Waals surface area contributed by atoms with Crippen LogP contribution in [0.15, 0.2) is 18.2 Å². The molecule has 3 heteroatoms. The summed E-state index contributed by atoms with van der Waals surface area (Å²) >= 11 is 2.40. The Morgan fingerprint density at radius 3 is 2.43 bits per heavy atom. The average molecular weight is 398 g/mol. The van der Waals surface area contributed by atoms with E-state index in [0.717, 1.165) is 11.8 Å². The van der Waals surface area contributed by atoms with Crippen LogP contribution in [-0.4, -0.2) is 30.1 Å². The average Bonchev–Trinajstić information content (AvgIpc) is 2.41. The quantitative estimate of drug-likeness (QED) is 0.754. The number of aryl methyl sites for hydroxylation is 1. The third-order valence-electron chi connectivity index (χ3n) is 5.34. The van der Waals surface area contributed by atoms with E-state index < -0.39 is 0 Å². The Morgan fingerprint density at radius 2 is 1.86 bits per heavy atom. The maximum absolute atomic E-state index is 3.91. The van der Waals surface area contributed by atoms with Crippen molar-refractivity contribution in [2.75, 3.05) is 18.4 Å². The fraction of sp³-hybridized carbons (Fsp3) is 0.667. The number of hydrogen-bond donors (Lipinski definition) is 1. The van der Waals surface area contributed by atoms with E-state index in [1.807, 2.05) is 0 Å². The molecule has 2 nitrogen and oxygen atoms in total. The van der Waals surface area contributed by atoms with Crippen LogP contribution in [0.1, 0.15) is 38.7 Å². The number of likely N-dealkylation sites (tertiary alicyclic amines) is 1. The highest BCUT2D eigenvalue weighted by Gasteiger charge is 2.40. The lowest BCUT2D eigenvalue weighted by Gasteiger charge is -2.49. The fourth-order valence-corrected chi connectivity index (χ4v) is 4.75. The maximum Gasteiger partial charge on any atom is 0.0372 e. The monoisotopic (exact) mass is 398 g/mol. The molecule has 2 atom stereocenters. The van der Waals surface area contributed by atoms with Gasteiger partial charge >= 0.3 is 0 Å². The Morgan fingerprint density at radius 1 is 1.19 bits per heavy atom. The molecule has 2 aliphatic rings. The van der Waals surface area contributed by atoms with Crippen LogP contribution in [0, 0.1) is 22.3 Å². The SMILES string of the molecule is Cc1cc(I)ccc1NC1C2CCCC1CN(C(C)C)C2. The van der Waals surface area contributed by atoms with E-state index >= 15 is 0 Å². The highest BCUT2D eigenvalue weighted by Crippen LogP contribution is 2.37. The topological polar surface area (TPSA) is 15.3 Å². The van der Waals surface area contributed by atoms with E-state index in [2.05, 4.69) is 71.8 Å². The van der Waals surface area contributed by atoms with Gasteiger partial charge in [-0.2, -0.15) is 0 Å². The molecule has 2 unspecified atom stereocenters. The molecule has 116 valence electrons. The van der Waals surface area contributed by atoms with Gasteiger partial charge in [-0.3, -0.25) is 0 Å². The first kappa shape index (κ1) is 15.6. The zero-order valence-electron chi connectivity index (χ0n) is 13.4. The molecule has 0 amide bonds. The molecule has 1 saturated carbocycles. The van der Waals surface area contributed by atoms with Crippen LogP contribution in [0.25, 0.3) is 0 Å².